The first-order chi connectivity index (χ1) is 28.8. The molecule has 1 aliphatic rings. The Morgan fingerprint density at radius 1 is 0.770 bits per heavy atom. The van der Waals surface area contributed by atoms with Crippen molar-refractivity contribution in [1.29, 1.82) is 0 Å². The molecule has 0 saturated carbocycles. The van der Waals surface area contributed by atoms with Crippen LogP contribution in [0.25, 0.3) is 0 Å². The lowest BCUT2D eigenvalue weighted by atomic mass is 10.00. The summed E-state index contributed by atoms with van der Waals surface area (Å²) in [5.74, 6) is -5.99. The number of nitrogens with two attached hydrogens (primary N) is 2. The van der Waals surface area contributed by atoms with Crippen LogP contribution in [0.1, 0.15) is 85.6 Å². The normalized spacial score (nSPS) is 19.6. The number of carbonyl (C=O) groups is 9. The first-order valence-corrected chi connectivity index (χ1v) is 20.5. The van der Waals surface area contributed by atoms with Crippen molar-refractivity contribution in [2.75, 3.05) is 19.6 Å². The first-order valence-electron chi connectivity index (χ1n) is 20.5. The van der Waals surface area contributed by atoms with Crippen LogP contribution < -0.4 is 59.3 Å². The summed E-state index contributed by atoms with van der Waals surface area (Å²) in [7, 11) is 0. The number of benzene rings is 1. The number of hydrogen-bond donors (Lipinski definition) is 11. The van der Waals surface area contributed by atoms with E-state index in [1.54, 1.807) is 31.2 Å². The third-order valence-corrected chi connectivity index (χ3v) is 9.49. The zero-order chi connectivity index (χ0) is 45.6. The lowest BCUT2D eigenvalue weighted by Crippen LogP contribution is -2.60. The van der Waals surface area contributed by atoms with Gasteiger partial charge in [0.15, 0.2) is 5.96 Å². The van der Waals surface area contributed by atoms with Crippen LogP contribution >= 0.6 is 0 Å². The van der Waals surface area contributed by atoms with E-state index in [0.29, 0.717) is 0 Å². The molecular formula is C40H64N12O9. The van der Waals surface area contributed by atoms with Gasteiger partial charge in [0.2, 0.25) is 53.2 Å². The minimum absolute atomic E-state index is 0.00115. The maximum absolute atomic E-state index is 14.0. The monoisotopic (exact) mass is 856 g/mol. The molecule has 21 heteroatoms. The molecule has 7 atom stereocenters. The smallest absolute Gasteiger partial charge is 0.243 e. The van der Waals surface area contributed by atoms with Gasteiger partial charge < -0.3 is 59.3 Å². The van der Waals surface area contributed by atoms with E-state index in [-0.39, 0.29) is 76.5 Å². The van der Waals surface area contributed by atoms with E-state index >= 15 is 0 Å². The lowest BCUT2D eigenvalue weighted by Gasteiger charge is -2.28. The van der Waals surface area contributed by atoms with Gasteiger partial charge >= 0.3 is 0 Å². The molecule has 338 valence electrons. The molecule has 1 fully saturated rings. The van der Waals surface area contributed by atoms with E-state index in [9.17, 15) is 43.2 Å². The van der Waals surface area contributed by atoms with Crippen molar-refractivity contribution in [1.82, 2.24) is 47.9 Å². The van der Waals surface area contributed by atoms with Crippen molar-refractivity contribution in [3.05, 3.63) is 35.9 Å². The molecule has 0 radical (unpaired) electrons. The number of aliphatic imine (C=N–C) groups is 1. The van der Waals surface area contributed by atoms with Gasteiger partial charge in [0.25, 0.3) is 0 Å². The Morgan fingerprint density at radius 3 is 2.02 bits per heavy atom. The molecule has 1 heterocycles. The quantitative estimate of drug-likeness (QED) is 0.0408. The number of nitrogens with one attached hydrogen (secondary N) is 9. The van der Waals surface area contributed by atoms with Gasteiger partial charge in [0.1, 0.15) is 42.3 Å². The van der Waals surface area contributed by atoms with Crippen LogP contribution in [-0.4, -0.2) is 121 Å². The van der Waals surface area contributed by atoms with Crippen molar-refractivity contribution in [2.24, 2.45) is 22.4 Å². The number of amides is 9. The summed E-state index contributed by atoms with van der Waals surface area (Å²) in [5.41, 5.74) is 11.7. The number of hydrogen-bond acceptors (Lipinski definition) is 10. The first kappa shape index (κ1) is 50.9. The summed E-state index contributed by atoms with van der Waals surface area (Å²) < 4.78 is 0. The highest BCUT2D eigenvalue weighted by Gasteiger charge is 2.33. The molecule has 1 aromatic carbocycles. The molecule has 13 N–H and O–H groups in total. The summed E-state index contributed by atoms with van der Waals surface area (Å²) >= 11 is 0. The van der Waals surface area contributed by atoms with Crippen LogP contribution in [0, 0.1) is 5.92 Å². The van der Waals surface area contributed by atoms with Crippen LogP contribution in [0.5, 0.6) is 0 Å². The summed E-state index contributed by atoms with van der Waals surface area (Å²) in [6, 6.07) is 1.07. The minimum Gasteiger partial charge on any atom is -0.370 e. The van der Waals surface area contributed by atoms with E-state index in [1.807, 2.05) is 19.9 Å². The molecule has 0 bridgehead atoms. The van der Waals surface area contributed by atoms with E-state index in [1.165, 1.54) is 20.8 Å². The zero-order valence-corrected chi connectivity index (χ0v) is 35.9. The molecule has 61 heavy (non-hydrogen) atoms. The fourth-order valence-electron chi connectivity index (χ4n) is 6.20. The molecule has 0 spiro atoms. The van der Waals surface area contributed by atoms with Gasteiger partial charge in [-0.2, -0.15) is 0 Å². The Balaban J connectivity index is 2.35. The van der Waals surface area contributed by atoms with Crippen LogP contribution in [0.4, 0.5) is 0 Å². The number of carbonyl (C=O) groups excluding carboxylic acids is 9. The predicted molar refractivity (Wildman–Crippen MR) is 226 cm³/mol. The van der Waals surface area contributed by atoms with Gasteiger partial charge in [-0.3, -0.25) is 48.1 Å². The third kappa shape index (κ3) is 19.1. The maximum Gasteiger partial charge on any atom is 0.243 e. The van der Waals surface area contributed by atoms with Crippen LogP contribution in [0.2, 0.25) is 0 Å². The standard InChI is InChI=1S/C40H64N12O9/c1-7-27(48-34(56)24(5)47-33(55)23(4)46-25(6)53)36(58)49-28(16-12-18-44-40(41)42)37(59)50-29-15-11-17-43-32(54)21-45-35(57)31(20-26-13-9-8-10-14-26)52-39(61)30(19-22(2)3)51-38(29)60/h8-10,13-14,22-24,27-31H,7,11-12,15-21H2,1-6H3,(H,43,54)(H,45,57)(H,46,53)(H,47,55)(H,48,56)(H,49,58)(H,50,59)(H,51,60)(H,52,61)(H4,41,42,44)/t23-,24-,27-,28-,29?,30?,31?/m0/s1. The summed E-state index contributed by atoms with van der Waals surface area (Å²) in [6.45, 7) is 9.24. The second kappa shape index (κ2) is 26.0. The SMILES string of the molecule is CC[C@H](NC(=O)[C@H](C)NC(=O)[C@H](C)NC(C)=O)C(=O)N[C@@H](CCCN=C(N)N)C(=O)NC1CCCNC(=O)CNC(=O)C(Cc2ccccc2)NC(=O)C(CC(C)C)NC1=O. The fraction of sp³-hybridized carbons (Fsp3) is 0.600. The Labute approximate surface area is 356 Å². The topological polar surface area (TPSA) is 326 Å². The summed E-state index contributed by atoms with van der Waals surface area (Å²) in [5, 5.41) is 23.5. The second-order valence-electron chi connectivity index (χ2n) is 15.3. The van der Waals surface area contributed by atoms with Gasteiger partial charge in [0, 0.05) is 26.4 Å². The van der Waals surface area contributed by atoms with E-state index in [0.717, 1.165) is 5.56 Å². The van der Waals surface area contributed by atoms with Gasteiger partial charge in [0.05, 0.1) is 6.54 Å². The largest absolute Gasteiger partial charge is 0.370 e. The van der Waals surface area contributed by atoms with Gasteiger partial charge in [-0.1, -0.05) is 51.1 Å². The second-order valence-corrected chi connectivity index (χ2v) is 15.3. The molecule has 1 aliphatic heterocycles. The molecule has 3 unspecified atom stereocenters. The van der Waals surface area contributed by atoms with Crippen molar-refractivity contribution in [3.63, 3.8) is 0 Å². The van der Waals surface area contributed by atoms with E-state index in [2.05, 4.69) is 52.8 Å². The lowest BCUT2D eigenvalue weighted by molar-refractivity contribution is -0.136. The molecular weight excluding hydrogens is 793 g/mol. The van der Waals surface area contributed by atoms with Gasteiger partial charge in [-0.15, -0.1) is 0 Å². The van der Waals surface area contributed by atoms with Crippen molar-refractivity contribution in [2.45, 2.75) is 129 Å². The fourth-order valence-corrected chi connectivity index (χ4v) is 6.20. The predicted octanol–water partition coefficient (Wildman–Crippen LogP) is -2.78. The Hall–Kier alpha value is -6.28. The Morgan fingerprint density at radius 2 is 1.39 bits per heavy atom. The number of guanidine groups is 1. The van der Waals surface area contributed by atoms with Crippen LogP contribution in [0.15, 0.2) is 35.3 Å². The van der Waals surface area contributed by atoms with Crippen LogP contribution in [-0.2, 0) is 49.6 Å². The molecule has 0 aromatic heterocycles. The number of nitrogens with zero attached hydrogens (tertiary/aromatic N) is 1. The highest BCUT2D eigenvalue weighted by Crippen LogP contribution is 2.11. The molecule has 1 saturated heterocycles. The third-order valence-electron chi connectivity index (χ3n) is 9.49. The molecule has 1 aromatic rings. The zero-order valence-electron chi connectivity index (χ0n) is 35.9. The minimum atomic E-state index is -1.27. The van der Waals surface area contributed by atoms with Crippen molar-refractivity contribution < 1.29 is 43.2 Å². The highest BCUT2D eigenvalue weighted by atomic mass is 16.2. The maximum atomic E-state index is 14.0. The van der Waals surface area contributed by atoms with Crippen molar-refractivity contribution >= 4 is 59.1 Å². The average molecular weight is 857 g/mol. The summed E-state index contributed by atoms with van der Waals surface area (Å²) in [4.78, 5) is 122. The average Bonchev–Trinajstić information content (AvgIpc) is 3.19. The molecule has 21 nitrogen and oxygen atoms in total. The summed E-state index contributed by atoms with van der Waals surface area (Å²) in [6.07, 6.45) is 0.788. The number of rotatable bonds is 18. The van der Waals surface area contributed by atoms with Crippen LogP contribution in [0.3, 0.4) is 0 Å². The van der Waals surface area contributed by atoms with Gasteiger partial charge in [-0.25, -0.2) is 0 Å². The molecule has 2 rings (SSSR count). The molecule has 0 aliphatic carbocycles. The van der Waals surface area contributed by atoms with E-state index in [4.69, 9.17) is 11.5 Å². The Kier molecular flexibility index (Phi) is 21.7. The van der Waals surface area contributed by atoms with Crippen molar-refractivity contribution in [3.8, 4) is 0 Å². The Bertz CT molecular complexity index is 1720. The van der Waals surface area contributed by atoms with Gasteiger partial charge in [-0.05, 0) is 63.9 Å². The highest BCUT2D eigenvalue weighted by molar-refractivity contribution is 5.97. The molecule has 9 amide bonds. The van der Waals surface area contributed by atoms with E-state index < -0.39 is 95.5 Å².